The number of carbonyl (C=O) groups excluding carboxylic acids is 1. The number of anilines is 1. The number of amides is 1. The van der Waals surface area contributed by atoms with E-state index in [1.54, 1.807) is 30.1 Å². The zero-order chi connectivity index (χ0) is 22.4. The molecule has 1 saturated heterocycles. The maximum absolute atomic E-state index is 13.8. The monoisotopic (exact) mass is 467 g/mol. The molecule has 9 heteroatoms. The van der Waals surface area contributed by atoms with Crippen molar-refractivity contribution in [1.82, 2.24) is 9.21 Å². The number of hydrogen-bond donors (Lipinski definition) is 1. The first-order chi connectivity index (χ1) is 14.8. The summed E-state index contributed by atoms with van der Waals surface area (Å²) in [6, 6.07) is 10.7. The first-order valence-electron chi connectivity index (χ1n) is 10.3. The van der Waals surface area contributed by atoms with Gasteiger partial charge in [-0.05, 0) is 44.2 Å². The zero-order valence-electron chi connectivity index (χ0n) is 17.5. The Morgan fingerprint density at radius 3 is 2.48 bits per heavy atom. The maximum Gasteiger partial charge on any atom is 0.243 e. The average Bonchev–Trinajstić information content (AvgIpc) is 3.01. The molecule has 168 valence electrons. The van der Waals surface area contributed by atoms with Gasteiger partial charge in [0.25, 0.3) is 0 Å². The number of nitrogens with one attached hydrogen (secondary N) is 1. The average molecular weight is 468 g/mol. The highest BCUT2D eigenvalue weighted by Crippen LogP contribution is 2.28. The summed E-state index contributed by atoms with van der Waals surface area (Å²) in [5.41, 5.74) is 0.725. The minimum atomic E-state index is -3.66. The second kappa shape index (κ2) is 10.5. The molecule has 1 heterocycles. The van der Waals surface area contributed by atoms with Crippen molar-refractivity contribution >= 4 is 33.2 Å². The van der Waals surface area contributed by atoms with E-state index in [1.165, 1.54) is 28.6 Å². The number of hydrogen-bond acceptors (Lipinski definition) is 4. The van der Waals surface area contributed by atoms with E-state index in [-0.39, 0.29) is 40.4 Å². The van der Waals surface area contributed by atoms with Crippen LogP contribution in [0.2, 0.25) is 5.02 Å². The summed E-state index contributed by atoms with van der Waals surface area (Å²) in [6.45, 7) is 1.24. The molecule has 2 aromatic carbocycles. The van der Waals surface area contributed by atoms with Crippen molar-refractivity contribution in [2.75, 3.05) is 32.0 Å². The molecule has 2 aromatic rings. The standard InChI is InChI=1S/C22H27ClFN3O3S/c1-26(15-17-8-4-5-9-20(17)24)16-22(28)25-21-14-18(10-11-19(21)23)31(29,30)27-12-6-2-3-7-13-27/h4-5,8-11,14H,2-3,6-7,12-13,15-16H2,1H3,(H,25,28). The molecule has 0 radical (unpaired) electrons. The topological polar surface area (TPSA) is 69.7 Å². The first-order valence-corrected chi connectivity index (χ1v) is 12.1. The Morgan fingerprint density at radius 2 is 1.81 bits per heavy atom. The van der Waals surface area contributed by atoms with Crippen molar-refractivity contribution in [1.29, 1.82) is 0 Å². The molecular weight excluding hydrogens is 441 g/mol. The van der Waals surface area contributed by atoms with Crippen molar-refractivity contribution in [2.45, 2.75) is 37.1 Å². The molecular formula is C22H27ClFN3O3S. The third-order valence-corrected chi connectivity index (χ3v) is 7.45. The van der Waals surface area contributed by atoms with Crippen LogP contribution in [0, 0.1) is 5.82 Å². The van der Waals surface area contributed by atoms with Crippen LogP contribution in [0.5, 0.6) is 0 Å². The predicted octanol–water partition coefficient (Wildman–Crippen LogP) is 4.11. The smallest absolute Gasteiger partial charge is 0.243 e. The van der Waals surface area contributed by atoms with Crippen LogP contribution in [-0.4, -0.2) is 50.2 Å². The molecule has 0 aliphatic carbocycles. The number of sulfonamides is 1. The Kier molecular flexibility index (Phi) is 8.05. The molecule has 0 spiro atoms. The highest BCUT2D eigenvalue weighted by atomic mass is 35.5. The van der Waals surface area contributed by atoms with Crippen LogP contribution in [0.1, 0.15) is 31.2 Å². The van der Waals surface area contributed by atoms with E-state index in [9.17, 15) is 17.6 Å². The van der Waals surface area contributed by atoms with E-state index in [4.69, 9.17) is 11.6 Å². The molecule has 0 atom stereocenters. The number of likely N-dealkylation sites (N-methyl/N-ethyl adjacent to an activating group) is 1. The fraction of sp³-hybridized carbons (Fsp3) is 0.409. The third kappa shape index (κ3) is 6.26. The summed E-state index contributed by atoms with van der Waals surface area (Å²) in [5, 5.41) is 2.93. The lowest BCUT2D eigenvalue weighted by molar-refractivity contribution is -0.117. The van der Waals surface area contributed by atoms with Gasteiger partial charge in [-0.25, -0.2) is 12.8 Å². The molecule has 1 amide bonds. The van der Waals surface area contributed by atoms with Gasteiger partial charge in [-0.3, -0.25) is 9.69 Å². The number of halogens is 2. The Morgan fingerprint density at radius 1 is 1.13 bits per heavy atom. The molecule has 1 aliphatic heterocycles. The summed E-state index contributed by atoms with van der Waals surface area (Å²) in [6.07, 6.45) is 3.72. The largest absolute Gasteiger partial charge is 0.324 e. The maximum atomic E-state index is 13.8. The molecule has 3 rings (SSSR count). The van der Waals surface area contributed by atoms with Crippen LogP contribution < -0.4 is 5.32 Å². The van der Waals surface area contributed by atoms with Crippen LogP contribution in [-0.2, 0) is 21.4 Å². The summed E-state index contributed by atoms with van der Waals surface area (Å²) >= 11 is 6.20. The predicted molar refractivity (Wildman–Crippen MR) is 120 cm³/mol. The van der Waals surface area contributed by atoms with Gasteiger partial charge in [-0.15, -0.1) is 0 Å². The number of rotatable bonds is 7. The fourth-order valence-electron chi connectivity index (χ4n) is 3.60. The normalized spacial score (nSPS) is 15.6. The third-order valence-electron chi connectivity index (χ3n) is 5.23. The lowest BCUT2D eigenvalue weighted by Crippen LogP contribution is -2.32. The summed E-state index contributed by atoms with van der Waals surface area (Å²) in [4.78, 5) is 14.3. The van der Waals surface area contributed by atoms with Crippen LogP contribution in [0.4, 0.5) is 10.1 Å². The van der Waals surface area contributed by atoms with Gasteiger partial charge in [-0.2, -0.15) is 4.31 Å². The van der Waals surface area contributed by atoms with Crippen molar-refractivity contribution < 1.29 is 17.6 Å². The Bertz CT molecular complexity index is 1020. The lowest BCUT2D eigenvalue weighted by Gasteiger charge is -2.21. The fourth-order valence-corrected chi connectivity index (χ4v) is 5.31. The van der Waals surface area contributed by atoms with Crippen LogP contribution in [0.25, 0.3) is 0 Å². The molecule has 1 aliphatic rings. The van der Waals surface area contributed by atoms with E-state index < -0.39 is 10.0 Å². The Balaban J connectivity index is 1.68. The molecule has 0 aromatic heterocycles. The molecule has 31 heavy (non-hydrogen) atoms. The summed E-state index contributed by atoms with van der Waals surface area (Å²) in [5.74, 6) is -0.700. The number of nitrogens with zero attached hydrogens (tertiary/aromatic N) is 2. The van der Waals surface area contributed by atoms with E-state index >= 15 is 0 Å². The molecule has 0 saturated carbocycles. The van der Waals surface area contributed by atoms with Crippen molar-refractivity contribution in [3.63, 3.8) is 0 Å². The quantitative estimate of drug-likeness (QED) is 0.665. The van der Waals surface area contributed by atoms with Gasteiger partial charge < -0.3 is 5.32 Å². The van der Waals surface area contributed by atoms with E-state index in [0.717, 1.165) is 25.7 Å². The van der Waals surface area contributed by atoms with Gasteiger partial charge in [-0.1, -0.05) is 42.6 Å². The second-order valence-electron chi connectivity index (χ2n) is 7.77. The molecule has 1 N–H and O–H groups in total. The first kappa shape index (κ1) is 23.7. The molecule has 0 unspecified atom stereocenters. The van der Waals surface area contributed by atoms with Crippen molar-refractivity contribution in [3.05, 3.63) is 58.9 Å². The van der Waals surface area contributed by atoms with Gasteiger partial charge in [0.15, 0.2) is 0 Å². The van der Waals surface area contributed by atoms with Crippen LogP contribution in [0.15, 0.2) is 47.4 Å². The van der Waals surface area contributed by atoms with Gasteiger partial charge in [0.05, 0.1) is 22.2 Å². The molecule has 0 bridgehead atoms. The summed E-state index contributed by atoms with van der Waals surface area (Å²) in [7, 11) is -1.96. The highest BCUT2D eigenvalue weighted by Gasteiger charge is 2.26. The van der Waals surface area contributed by atoms with E-state index in [1.807, 2.05) is 0 Å². The van der Waals surface area contributed by atoms with Gasteiger partial charge in [0.1, 0.15) is 5.82 Å². The van der Waals surface area contributed by atoms with Crippen LogP contribution >= 0.6 is 11.6 Å². The minimum Gasteiger partial charge on any atom is -0.324 e. The van der Waals surface area contributed by atoms with Crippen LogP contribution in [0.3, 0.4) is 0 Å². The van der Waals surface area contributed by atoms with Crippen molar-refractivity contribution in [3.8, 4) is 0 Å². The summed E-state index contributed by atoms with van der Waals surface area (Å²) < 4.78 is 41.4. The SMILES string of the molecule is CN(CC(=O)Nc1cc(S(=O)(=O)N2CCCCCC2)ccc1Cl)Cc1ccccc1F. The molecule has 6 nitrogen and oxygen atoms in total. The minimum absolute atomic E-state index is 0.00618. The lowest BCUT2D eigenvalue weighted by atomic mass is 10.2. The number of carbonyl (C=O) groups is 1. The Labute approximate surface area is 188 Å². The Hall–Kier alpha value is -2.00. The van der Waals surface area contributed by atoms with Crippen molar-refractivity contribution in [2.24, 2.45) is 0 Å². The van der Waals surface area contributed by atoms with E-state index in [0.29, 0.717) is 18.7 Å². The molecule has 1 fully saturated rings. The van der Waals surface area contributed by atoms with Gasteiger partial charge in [0, 0.05) is 25.2 Å². The van der Waals surface area contributed by atoms with E-state index in [2.05, 4.69) is 5.32 Å². The zero-order valence-corrected chi connectivity index (χ0v) is 19.1. The number of benzene rings is 2. The second-order valence-corrected chi connectivity index (χ2v) is 10.1. The highest BCUT2D eigenvalue weighted by molar-refractivity contribution is 7.89. The van der Waals surface area contributed by atoms with Gasteiger partial charge in [0.2, 0.25) is 15.9 Å². The van der Waals surface area contributed by atoms with Gasteiger partial charge >= 0.3 is 0 Å².